The molecule has 0 bridgehead atoms. The predicted molar refractivity (Wildman–Crippen MR) is 111 cm³/mol. The molecule has 8 heteroatoms. The number of thiophene rings is 1. The second kappa shape index (κ2) is 10.9. The van der Waals surface area contributed by atoms with Gasteiger partial charge in [0.2, 0.25) is 11.0 Å². The number of amides is 1. The van der Waals surface area contributed by atoms with E-state index >= 15 is 0 Å². The predicted octanol–water partition coefficient (Wildman–Crippen LogP) is 4.58. The Morgan fingerprint density at radius 1 is 1.19 bits per heavy atom. The lowest BCUT2D eigenvalue weighted by molar-refractivity contribution is -0.119. The fourth-order valence-corrected chi connectivity index (χ4v) is 5.38. The van der Waals surface area contributed by atoms with Crippen LogP contribution < -0.4 is 10.6 Å². The molecule has 2 aromatic heterocycles. The zero-order chi connectivity index (χ0) is 18.0. The third-order valence-electron chi connectivity index (χ3n) is 4.43. The molecule has 1 saturated carbocycles. The summed E-state index contributed by atoms with van der Waals surface area (Å²) in [5, 5.41) is 17.7. The molecule has 3 rings (SSSR count). The first-order chi connectivity index (χ1) is 12.8. The highest BCUT2D eigenvalue weighted by atomic mass is 32.2. The number of nitrogens with zero attached hydrogens (tertiary/aromatic N) is 2. The maximum absolute atomic E-state index is 12.2. The van der Waals surface area contributed by atoms with Crippen molar-refractivity contribution < 1.29 is 4.79 Å². The number of aromatic nitrogens is 2. The first kappa shape index (κ1) is 19.6. The van der Waals surface area contributed by atoms with Crippen LogP contribution in [0.5, 0.6) is 0 Å². The quantitative estimate of drug-likeness (QED) is 0.624. The maximum atomic E-state index is 12.2. The second-order valence-corrected chi connectivity index (χ2v) is 9.76. The van der Waals surface area contributed by atoms with Gasteiger partial charge in [-0.05, 0) is 30.7 Å². The van der Waals surface area contributed by atoms with Gasteiger partial charge in [0.25, 0.3) is 0 Å². The monoisotopic (exact) mass is 410 g/mol. The van der Waals surface area contributed by atoms with Gasteiger partial charge < -0.3 is 10.6 Å². The van der Waals surface area contributed by atoms with Crippen molar-refractivity contribution in [2.75, 3.05) is 17.6 Å². The van der Waals surface area contributed by atoms with E-state index in [9.17, 15) is 4.79 Å². The van der Waals surface area contributed by atoms with Crippen LogP contribution >= 0.6 is 34.4 Å². The van der Waals surface area contributed by atoms with Crippen molar-refractivity contribution in [3.8, 4) is 0 Å². The van der Waals surface area contributed by atoms with Gasteiger partial charge in [0.1, 0.15) is 0 Å². The third-order valence-corrected chi connectivity index (χ3v) is 7.38. The Bertz CT molecular complexity index is 651. The van der Waals surface area contributed by atoms with Crippen LogP contribution in [0.4, 0.5) is 5.13 Å². The molecule has 2 N–H and O–H groups in total. The van der Waals surface area contributed by atoms with Crippen LogP contribution in [0.25, 0.3) is 0 Å². The fraction of sp³-hybridized carbons (Fsp3) is 0.611. The number of thioether (sulfide) groups is 1. The SMILES string of the molecule is O=C(CSc1nnc(NCCc2cccs2)s1)NC1CCCCCCC1. The molecule has 1 aliphatic rings. The lowest BCUT2D eigenvalue weighted by Crippen LogP contribution is -2.36. The lowest BCUT2D eigenvalue weighted by atomic mass is 9.97. The molecule has 0 saturated heterocycles. The Hall–Kier alpha value is -1.12. The van der Waals surface area contributed by atoms with E-state index in [-0.39, 0.29) is 5.91 Å². The van der Waals surface area contributed by atoms with Crippen LogP contribution in [0.1, 0.15) is 49.8 Å². The molecule has 0 spiro atoms. The fourth-order valence-electron chi connectivity index (χ4n) is 3.08. The molecule has 0 radical (unpaired) electrons. The summed E-state index contributed by atoms with van der Waals surface area (Å²) in [5.74, 6) is 0.531. The van der Waals surface area contributed by atoms with Gasteiger partial charge in [-0.3, -0.25) is 4.79 Å². The summed E-state index contributed by atoms with van der Waals surface area (Å²) < 4.78 is 0.844. The zero-order valence-electron chi connectivity index (χ0n) is 14.9. The van der Waals surface area contributed by atoms with Crippen molar-refractivity contribution in [2.45, 2.75) is 61.7 Å². The van der Waals surface area contributed by atoms with Crippen molar-refractivity contribution in [3.05, 3.63) is 22.4 Å². The Morgan fingerprint density at radius 2 is 2.00 bits per heavy atom. The summed E-state index contributed by atoms with van der Waals surface area (Å²) in [6.07, 6.45) is 9.63. The summed E-state index contributed by atoms with van der Waals surface area (Å²) in [6.45, 7) is 0.849. The highest BCUT2D eigenvalue weighted by Gasteiger charge is 2.15. The van der Waals surface area contributed by atoms with E-state index in [1.165, 1.54) is 60.1 Å². The molecule has 5 nitrogen and oxygen atoms in total. The van der Waals surface area contributed by atoms with Gasteiger partial charge in [-0.15, -0.1) is 21.5 Å². The van der Waals surface area contributed by atoms with Crippen molar-refractivity contribution in [2.24, 2.45) is 0 Å². The molecular formula is C18H26N4OS3. The standard InChI is InChI=1S/C18H26N4OS3/c23-16(20-14-7-4-2-1-3-5-8-14)13-25-18-22-21-17(26-18)19-11-10-15-9-6-12-24-15/h6,9,12,14H,1-5,7-8,10-11,13H2,(H,19,21)(H,20,23). The molecular weight excluding hydrogens is 384 g/mol. The van der Waals surface area contributed by atoms with Gasteiger partial charge in [-0.2, -0.15) is 0 Å². The van der Waals surface area contributed by atoms with Crippen molar-refractivity contribution >= 4 is 45.5 Å². The Kier molecular flexibility index (Phi) is 8.23. The molecule has 1 fully saturated rings. The molecule has 2 aromatic rings. The van der Waals surface area contributed by atoms with Gasteiger partial charge in [0, 0.05) is 17.5 Å². The van der Waals surface area contributed by atoms with Crippen LogP contribution in [0.2, 0.25) is 0 Å². The molecule has 142 valence electrons. The average molecular weight is 411 g/mol. The summed E-state index contributed by atoms with van der Waals surface area (Å²) in [7, 11) is 0. The van der Waals surface area contributed by atoms with Crippen LogP contribution in [0, 0.1) is 0 Å². The number of hydrogen-bond donors (Lipinski definition) is 2. The highest BCUT2D eigenvalue weighted by Crippen LogP contribution is 2.25. The van der Waals surface area contributed by atoms with Crippen LogP contribution in [0.3, 0.4) is 0 Å². The molecule has 0 aliphatic heterocycles. The van der Waals surface area contributed by atoms with Crippen molar-refractivity contribution in [1.82, 2.24) is 15.5 Å². The van der Waals surface area contributed by atoms with Gasteiger partial charge in [0.05, 0.1) is 5.75 Å². The number of carbonyl (C=O) groups excluding carboxylic acids is 1. The molecule has 1 amide bonds. The van der Waals surface area contributed by atoms with Crippen LogP contribution in [-0.4, -0.2) is 34.4 Å². The van der Waals surface area contributed by atoms with Crippen LogP contribution in [-0.2, 0) is 11.2 Å². The van der Waals surface area contributed by atoms with E-state index < -0.39 is 0 Å². The minimum Gasteiger partial charge on any atom is -0.360 e. The number of nitrogens with one attached hydrogen (secondary N) is 2. The van der Waals surface area contributed by atoms with E-state index in [1.54, 1.807) is 11.3 Å². The van der Waals surface area contributed by atoms with E-state index in [1.807, 2.05) is 0 Å². The Morgan fingerprint density at radius 3 is 2.77 bits per heavy atom. The summed E-state index contributed by atoms with van der Waals surface area (Å²) in [4.78, 5) is 13.6. The first-order valence-electron chi connectivity index (χ1n) is 9.31. The smallest absolute Gasteiger partial charge is 0.230 e. The maximum Gasteiger partial charge on any atom is 0.230 e. The first-order valence-corrected chi connectivity index (χ1v) is 12.0. The van der Waals surface area contributed by atoms with Gasteiger partial charge >= 0.3 is 0 Å². The normalized spacial score (nSPS) is 16.0. The molecule has 1 aliphatic carbocycles. The second-order valence-electron chi connectivity index (χ2n) is 6.53. The summed E-state index contributed by atoms with van der Waals surface area (Å²) in [6, 6.07) is 4.57. The van der Waals surface area contributed by atoms with E-state index in [2.05, 4.69) is 38.3 Å². The third kappa shape index (κ3) is 6.89. The number of carbonyl (C=O) groups is 1. The van der Waals surface area contributed by atoms with E-state index in [0.29, 0.717) is 11.8 Å². The zero-order valence-corrected chi connectivity index (χ0v) is 17.4. The Labute approximate surface area is 167 Å². The molecule has 26 heavy (non-hydrogen) atoms. The van der Waals surface area contributed by atoms with Gasteiger partial charge in [-0.1, -0.05) is 61.3 Å². The van der Waals surface area contributed by atoms with Crippen molar-refractivity contribution in [3.63, 3.8) is 0 Å². The number of anilines is 1. The Balaban J connectivity index is 1.34. The molecule has 0 unspecified atom stereocenters. The van der Waals surface area contributed by atoms with E-state index in [4.69, 9.17) is 0 Å². The molecule has 2 heterocycles. The van der Waals surface area contributed by atoms with Crippen molar-refractivity contribution in [1.29, 1.82) is 0 Å². The largest absolute Gasteiger partial charge is 0.360 e. The molecule has 0 atom stereocenters. The van der Waals surface area contributed by atoms with E-state index in [0.717, 1.165) is 35.3 Å². The van der Waals surface area contributed by atoms with Gasteiger partial charge in [0.15, 0.2) is 4.34 Å². The topological polar surface area (TPSA) is 66.9 Å². The summed E-state index contributed by atoms with van der Waals surface area (Å²) >= 11 is 4.76. The van der Waals surface area contributed by atoms with Crippen LogP contribution in [0.15, 0.2) is 21.9 Å². The lowest BCUT2D eigenvalue weighted by Gasteiger charge is -2.20. The van der Waals surface area contributed by atoms with Gasteiger partial charge in [-0.25, -0.2) is 0 Å². The minimum atomic E-state index is 0.114. The summed E-state index contributed by atoms with van der Waals surface area (Å²) in [5.41, 5.74) is 0. The minimum absolute atomic E-state index is 0.114. The average Bonchev–Trinajstić information content (AvgIpc) is 3.27. The number of rotatable bonds is 8. The number of hydrogen-bond acceptors (Lipinski definition) is 7. The highest BCUT2D eigenvalue weighted by molar-refractivity contribution is 8.01. The molecule has 0 aromatic carbocycles.